The molecule has 1 aromatic carbocycles. The van der Waals surface area contributed by atoms with Crippen LogP contribution in [0.2, 0.25) is 0 Å². The van der Waals surface area contributed by atoms with Gasteiger partial charge in [-0.25, -0.2) is 0 Å². The summed E-state index contributed by atoms with van der Waals surface area (Å²) in [5.74, 6) is 2.24. The minimum absolute atomic E-state index is 0.0387. The van der Waals surface area contributed by atoms with Crippen LogP contribution in [-0.4, -0.2) is 35.2 Å². The van der Waals surface area contributed by atoms with Crippen LogP contribution in [0.4, 0.5) is 0 Å². The smallest absolute Gasteiger partial charge is 0.276 e. The number of nitrogens with zero attached hydrogens (tertiary/aromatic N) is 2. The third-order valence-corrected chi connectivity index (χ3v) is 5.83. The van der Waals surface area contributed by atoms with Gasteiger partial charge in [-0.2, -0.15) is 0 Å². The fourth-order valence-corrected chi connectivity index (χ4v) is 4.57. The molecule has 26 heavy (non-hydrogen) atoms. The molecule has 3 heterocycles. The third-order valence-electron chi connectivity index (χ3n) is 5.83. The molecule has 2 bridgehead atoms. The van der Waals surface area contributed by atoms with Gasteiger partial charge in [0.25, 0.3) is 5.91 Å². The molecule has 1 unspecified atom stereocenters. The minimum Gasteiger partial charge on any atom is -0.497 e. The van der Waals surface area contributed by atoms with Crippen molar-refractivity contribution in [2.45, 2.75) is 63.5 Å². The van der Waals surface area contributed by atoms with E-state index in [4.69, 9.17) is 9.26 Å². The van der Waals surface area contributed by atoms with Crippen molar-refractivity contribution in [3.8, 4) is 5.75 Å². The summed E-state index contributed by atoms with van der Waals surface area (Å²) in [4.78, 5) is 15.1. The number of fused-ring (bicyclic) bond motifs is 2. The highest BCUT2D eigenvalue weighted by Crippen LogP contribution is 2.43. The first-order valence-corrected chi connectivity index (χ1v) is 9.61. The first-order chi connectivity index (χ1) is 12.7. The highest BCUT2D eigenvalue weighted by atomic mass is 16.5. The lowest BCUT2D eigenvalue weighted by Gasteiger charge is -2.38. The van der Waals surface area contributed by atoms with Crippen LogP contribution in [0.1, 0.15) is 66.8 Å². The van der Waals surface area contributed by atoms with E-state index in [9.17, 15) is 4.79 Å². The Morgan fingerprint density at radius 2 is 1.92 bits per heavy atom. The molecule has 4 rings (SSSR count). The van der Waals surface area contributed by atoms with Gasteiger partial charge < -0.3 is 14.2 Å². The summed E-state index contributed by atoms with van der Waals surface area (Å²) in [6.07, 6.45) is 6.03. The number of ether oxygens (including phenoxy) is 1. The molecule has 2 fully saturated rings. The number of aryl methyl sites for hydroxylation is 1. The lowest BCUT2D eigenvalue weighted by molar-refractivity contribution is 0.0561. The predicted molar refractivity (Wildman–Crippen MR) is 98.4 cm³/mol. The normalized spacial score (nSPS) is 24.7. The molecule has 2 aliphatic heterocycles. The number of rotatable bonds is 5. The van der Waals surface area contributed by atoms with E-state index in [2.05, 4.69) is 29.1 Å². The number of carbonyl (C=O) groups excluding carboxylic acids is 1. The highest BCUT2D eigenvalue weighted by molar-refractivity contribution is 5.93. The zero-order valence-corrected chi connectivity index (χ0v) is 15.5. The lowest BCUT2D eigenvalue weighted by atomic mass is 9.85. The Balaban J connectivity index is 1.48. The fourth-order valence-electron chi connectivity index (χ4n) is 4.57. The van der Waals surface area contributed by atoms with Crippen molar-refractivity contribution in [3.63, 3.8) is 0 Å². The van der Waals surface area contributed by atoms with Crippen LogP contribution in [-0.2, 0) is 6.42 Å². The number of hydrogen-bond donors (Lipinski definition) is 0. The van der Waals surface area contributed by atoms with Crippen LogP contribution in [0.25, 0.3) is 0 Å². The second-order valence-electron chi connectivity index (χ2n) is 7.47. The van der Waals surface area contributed by atoms with Gasteiger partial charge in [0.05, 0.1) is 7.11 Å². The van der Waals surface area contributed by atoms with E-state index < -0.39 is 0 Å². The number of carbonyl (C=O) groups is 1. The Bertz CT molecular complexity index is 754. The van der Waals surface area contributed by atoms with E-state index in [1.807, 2.05) is 18.2 Å². The van der Waals surface area contributed by atoms with Crippen LogP contribution in [0.3, 0.4) is 0 Å². The maximum absolute atomic E-state index is 13.0. The summed E-state index contributed by atoms with van der Waals surface area (Å²) in [6, 6.07) is 10.8. The molecule has 2 aromatic rings. The van der Waals surface area contributed by atoms with E-state index >= 15 is 0 Å². The second-order valence-corrected chi connectivity index (χ2v) is 7.47. The number of hydrogen-bond acceptors (Lipinski definition) is 4. The Labute approximate surface area is 154 Å². The Morgan fingerprint density at radius 3 is 2.54 bits per heavy atom. The molecule has 0 radical (unpaired) electrons. The molecular weight excluding hydrogens is 328 g/mol. The van der Waals surface area contributed by atoms with Gasteiger partial charge in [-0.15, -0.1) is 0 Å². The summed E-state index contributed by atoms with van der Waals surface area (Å²) >= 11 is 0. The number of aromatic nitrogens is 1. The zero-order valence-electron chi connectivity index (χ0n) is 15.5. The Kier molecular flexibility index (Phi) is 4.70. The summed E-state index contributed by atoms with van der Waals surface area (Å²) in [5.41, 5.74) is 1.81. The molecule has 0 saturated carbocycles. The van der Waals surface area contributed by atoms with Crippen LogP contribution in [0, 0.1) is 0 Å². The zero-order chi connectivity index (χ0) is 18.1. The van der Waals surface area contributed by atoms with Crippen molar-refractivity contribution < 1.29 is 14.1 Å². The van der Waals surface area contributed by atoms with Crippen molar-refractivity contribution in [1.29, 1.82) is 0 Å². The third kappa shape index (κ3) is 3.11. The summed E-state index contributed by atoms with van der Waals surface area (Å²) in [5, 5.41) is 4.02. The van der Waals surface area contributed by atoms with Gasteiger partial charge in [0, 0.05) is 24.6 Å². The molecular formula is C21H26N2O3. The van der Waals surface area contributed by atoms with E-state index in [0.717, 1.165) is 50.0 Å². The monoisotopic (exact) mass is 354 g/mol. The number of methoxy groups -OCH3 is 1. The molecule has 5 heteroatoms. The molecule has 2 saturated heterocycles. The number of benzene rings is 1. The molecule has 0 N–H and O–H groups in total. The molecule has 0 aliphatic carbocycles. The highest BCUT2D eigenvalue weighted by Gasteiger charge is 2.44. The average molecular weight is 354 g/mol. The number of amides is 1. The molecule has 3 atom stereocenters. The van der Waals surface area contributed by atoms with E-state index in [-0.39, 0.29) is 5.91 Å². The SMILES string of the molecule is CCCc1cc(C(=O)N2[C@@H]3CC[C@H]2CC(c2ccc(OC)cc2)C3)no1. The molecule has 138 valence electrons. The largest absolute Gasteiger partial charge is 0.497 e. The molecule has 2 aliphatic rings. The van der Waals surface area contributed by atoms with Gasteiger partial charge in [0.15, 0.2) is 5.69 Å². The summed E-state index contributed by atoms with van der Waals surface area (Å²) in [6.45, 7) is 2.09. The van der Waals surface area contributed by atoms with Crippen molar-refractivity contribution in [2.24, 2.45) is 0 Å². The topological polar surface area (TPSA) is 55.6 Å². The van der Waals surface area contributed by atoms with E-state index in [1.165, 1.54) is 5.56 Å². The number of piperidine rings is 1. The summed E-state index contributed by atoms with van der Waals surface area (Å²) < 4.78 is 10.6. The van der Waals surface area contributed by atoms with Gasteiger partial charge >= 0.3 is 0 Å². The van der Waals surface area contributed by atoms with Crippen LogP contribution >= 0.6 is 0 Å². The first kappa shape index (κ1) is 17.1. The molecule has 0 spiro atoms. The van der Waals surface area contributed by atoms with Gasteiger partial charge in [-0.3, -0.25) is 4.79 Å². The van der Waals surface area contributed by atoms with Gasteiger partial charge in [0.2, 0.25) is 0 Å². The summed E-state index contributed by atoms with van der Waals surface area (Å²) in [7, 11) is 1.69. The standard InChI is InChI=1S/C21H26N2O3/c1-3-4-19-13-20(22-26-19)21(24)23-16-7-8-17(23)12-15(11-16)14-5-9-18(25-2)10-6-14/h5-6,9-10,13,15-17H,3-4,7-8,11-12H2,1-2H3/t15?,16-,17+. The van der Waals surface area contributed by atoms with Gasteiger partial charge in [-0.1, -0.05) is 24.2 Å². The Hall–Kier alpha value is -2.30. The van der Waals surface area contributed by atoms with Crippen LogP contribution in [0.15, 0.2) is 34.9 Å². The van der Waals surface area contributed by atoms with Crippen LogP contribution < -0.4 is 4.74 Å². The predicted octanol–water partition coefficient (Wildman–Crippen LogP) is 4.19. The minimum atomic E-state index is 0.0387. The van der Waals surface area contributed by atoms with E-state index in [0.29, 0.717) is 23.7 Å². The Morgan fingerprint density at radius 1 is 1.23 bits per heavy atom. The van der Waals surface area contributed by atoms with Gasteiger partial charge in [0.1, 0.15) is 11.5 Å². The maximum atomic E-state index is 13.0. The van der Waals surface area contributed by atoms with Crippen LogP contribution in [0.5, 0.6) is 5.75 Å². The van der Waals surface area contributed by atoms with Crippen molar-refractivity contribution in [2.75, 3.05) is 7.11 Å². The quantitative estimate of drug-likeness (QED) is 0.808. The molecule has 1 aromatic heterocycles. The van der Waals surface area contributed by atoms with Crippen molar-refractivity contribution in [1.82, 2.24) is 10.1 Å². The lowest BCUT2D eigenvalue weighted by Crippen LogP contribution is -2.46. The van der Waals surface area contributed by atoms with Crippen molar-refractivity contribution in [3.05, 3.63) is 47.3 Å². The van der Waals surface area contributed by atoms with Gasteiger partial charge in [-0.05, 0) is 55.7 Å². The maximum Gasteiger partial charge on any atom is 0.276 e. The second kappa shape index (κ2) is 7.14. The molecule has 5 nitrogen and oxygen atoms in total. The molecule has 1 amide bonds. The van der Waals surface area contributed by atoms with E-state index in [1.54, 1.807) is 7.11 Å². The average Bonchev–Trinajstić information content (AvgIpc) is 3.24. The van der Waals surface area contributed by atoms with Crippen molar-refractivity contribution >= 4 is 5.91 Å². The fraction of sp³-hybridized carbons (Fsp3) is 0.524. The first-order valence-electron chi connectivity index (χ1n) is 9.61.